The molecule has 0 spiro atoms. The molecule has 0 aliphatic heterocycles. The number of carbonyl (C=O) groups excluding carboxylic acids is 1. The van der Waals surface area contributed by atoms with Crippen LogP contribution < -0.4 is 10.6 Å². The minimum Gasteiger partial charge on any atom is -0.357 e. The molecule has 5 nitrogen and oxygen atoms in total. The number of nitrogens with one attached hydrogen (secondary N) is 2. The molecule has 1 amide bonds. The zero-order chi connectivity index (χ0) is 17.0. The molecule has 0 saturated carbocycles. The summed E-state index contributed by atoms with van der Waals surface area (Å²) in [5, 5.41) is 6.66. The molecule has 0 aromatic heterocycles. The number of amides is 1. The van der Waals surface area contributed by atoms with Gasteiger partial charge in [0.25, 0.3) is 0 Å². The molecular weight excluding hydrogens is 403 g/mol. The van der Waals surface area contributed by atoms with E-state index in [1.807, 2.05) is 18.7 Å². The highest BCUT2D eigenvalue weighted by molar-refractivity contribution is 14.0. The number of aliphatic imine (C=N–C) groups is 1. The predicted molar refractivity (Wildman–Crippen MR) is 111 cm³/mol. The monoisotopic (exact) mass is 440 g/mol. The Morgan fingerprint density at radius 1 is 1.09 bits per heavy atom. The van der Waals surface area contributed by atoms with Crippen molar-refractivity contribution < 1.29 is 4.79 Å². The third-order valence-corrected chi connectivity index (χ3v) is 3.62. The molecule has 0 aliphatic carbocycles. The molecule has 138 valence electrons. The van der Waals surface area contributed by atoms with Gasteiger partial charge >= 0.3 is 0 Å². The Bertz CT molecular complexity index is 331. The van der Waals surface area contributed by atoms with Crippen LogP contribution in [0.2, 0.25) is 0 Å². The maximum absolute atomic E-state index is 12.0. The summed E-state index contributed by atoms with van der Waals surface area (Å²) in [6.45, 7) is 15.6. The first-order chi connectivity index (χ1) is 10.4. The first-order valence-corrected chi connectivity index (χ1v) is 8.77. The largest absolute Gasteiger partial charge is 0.357 e. The zero-order valence-corrected chi connectivity index (χ0v) is 18.1. The summed E-state index contributed by atoms with van der Waals surface area (Å²) in [7, 11) is 0. The first-order valence-electron chi connectivity index (χ1n) is 8.77. The third-order valence-electron chi connectivity index (χ3n) is 3.62. The molecule has 23 heavy (non-hydrogen) atoms. The lowest BCUT2D eigenvalue weighted by Gasteiger charge is -2.19. The summed E-state index contributed by atoms with van der Waals surface area (Å²) in [6, 6.07) is 0.388. The summed E-state index contributed by atoms with van der Waals surface area (Å²) in [4.78, 5) is 18.3. The molecule has 0 radical (unpaired) electrons. The Morgan fingerprint density at radius 3 is 2.17 bits per heavy atom. The molecule has 0 bridgehead atoms. The van der Waals surface area contributed by atoms with E-state index in [1.54, 1.807) is 0 Å². The molecule has 6 heteroatoms. The van der Waals surface area contributed by atoms with Gasteiger partial charge < -0.3 is 15.5 Å². The van der Waals surface area contributed by atoms with E-state index in [4.69, 9.17) is 0 Å². The molecule has 1 atom stereocenters. The van der Waals surface area contributed by atoms with Crippen molar-refractivity contribution in [1.29, 1.82) is 0 Å². The SMILES string of the molecule is CCNC(=NCCC(=O)N(CC)CC)NC(C)CCC(C)C.I. The van der Waals surface area contributed by atoms with E-state index in [0.717, 1.165) is 37.9 Å². The topological polar surface area (TPSA) is 56.7 Å². The van der Waals surface area contributed by atoms with Crippen LogP contribution in [0.25, 0.3) is 0 Å². The molecule has 2 N–H and O–H groups in total. The molecule has 0 rings (SSSR count). The minimum absolute atomic E-state index is 0. The number of rotatable bonds is 10. The first kappa shape index (κ1) is 24.7. The summed E-state index contributed by atoms with van der Waals surface area (Å²) < 4.78 is 0. The number of halogens is 1. The lowest BCUT2D eigenvalue weighted by Crippen LogP contribution is -2.42. The van der Waals surface area contributed by atoms with Gasteiger partial charge in [0.2, 0.25) is 5.91 Å². The quantitative estimate of drug-likeness (QED) is 0.312. The van der Waals surface area contributed by atoms with Gasteiger partial charge in [0, 0.05) is 32.1 Å². The number of nitrogens with zero attached hydrogens (tertiary/aromatic N) is 2. The number of guanidine groups is 1. The van der Waals surface area contributed by atoms with Crippen molar-refractivity contribution in [2.45, 2.75) is 66.8 Å². The van der Waals surface area contributed by atoms with Crippen LogP contribution in [0.4, 0.5) is 0 Å². The van der Waals surface area contributed by atoms with E-state index in [-0.39, 0.29) is 29.9 Å². The highest BCUT2D eigenvalue weighted by atomic mass is 127. The predicted octanol–water partition coefficient (Wildman–Crippen LogP) is 3.24. The fourth-order valence-electron chi connectivity index (χ4n) is 2.21. The molecule has 0 fully saturated rings. The maximum atomic E-state index is 12.0. The van der Waals surface area contributed by atoms with Gasteiger partial charge in [-0.3, -0.25) is 9.79 Å². The standard InChI is InChI=1S/C17H36N4O.HI/c1-7-18-17(20-15(6)11-10-14(4)5)19-13-12-16(22)21(8-2)9-3;/h14-15H,7-13H2,1-6H3,(H2,18,19,20);1H. The van der Waals surface area contributed by atoms with Crippen LogP contribution in [0.1, 0.15) is 60.8 Å². The van der Waals surface area contributed by atoms with Gasteiger partial charge in [-0.05, 0) is 46.5 Å². The lowest BCUT2D eigenvalue weighted by molar-refractivity contribution is -0.130. The molecule has 0 saturated heterocycles. The second-order valence-corrected chi connectivity index (χ2v) is 6.09. The van der Waals surface area contributed by atoms with E-state index in [2.05, 4.69) is 43.3 Å². The van der Waals surface area contributed by atoms with Crippen molar-refractivity contribution >= 4 is 35.8 Å². The van der Waals surface area contributed by atoms with Crippen molar-refractivity contribution in [3.05, 3.63) is 0 Å². The maximum Gasteiger partial charge on any atom is 0.224 e. The third kappa shape index (κ3) is 12.5. The van der Waals surface area contributed by atoms with Crippen LogP contribution in [0.5, 0.6) is 0 Å². The second-order valence-electron chi connectivity index (χ2n) is 6.09. The van der Waals surface area contributed by atoms with Gasteiger partial charge in [-0.15, -0.1) is 24.0 Å². The molecule has 0 aromatic carbocycles. The van der Waals surface area contributed by atoms with Crippen molar-refractivity contribution in [2.24, 2.45) is 10.9 Å². The fraction of sp³-hybridized carbons (Fsp3) is 0.882. The van der Waals surface area contributed by atoms with Crippen LogP contribution in [0.15, 0.2) is 4.99 Å². The summed E-state index contributed by atoms with van der Waals surface area (Å²) in [6.07, 6.45) is 2.80. The van der Waals surface area contributed by atoms with Gasteiger partial charge in [-0.2, -0.15) is 0 Å². The Morgan fingerprint density at radius 2 is 1.70 bits per heavy atom. The Balaban J connectivity index is 0. The summed E-state index contributed by atoms with van der Waals surface area (Å²) in [5.74, 6) is 1.71. The second kappa shape index (κ2) is 15.0. The van der Waals surface area contributed by atoms with Crippen LogP contribution in [-0.4, -0.2) is 49.0 Å². The van der Waals surface area contributed by atoms with Crippen LogP contribution in [0.3, 0.4) is 0 Å². The van der Waals surface area contributed by atoms with Gasteiger partial charge in [-0.1, -0.05) is 13.8 Å². The minimum atomic E-state index is 0. The van der Waals surface area contributed by atoms with Gasteiger partial charge in [0.15, 0.2) is 5.96 Å². The van der Waals surface area contributed by atoms with Crippen molar-refractivity contribution in [3.8, 4) is 0 Å². The number of hydrogen-bond acceptors (Lipinski definition) is 2. The molecule has 0 heterocycles. The van der Waals surface area contributed by atoms with E-state index < -0.39 is 0 Å². The highest BCUT2D eigenvalue weighted by Crippen LogP contribution is 2.06. The molecular formula is C17H37IN4O. The Kier molecular flexibility index (Phi) is 16.1. The van der Waals surface area contributed by atoms with E-state index >= 15 is 0 Å². The highest BCUT2D eigenvalue weighted by Gasteiger charge is 2.09. The molecule has 0 aliphatic rings. The van der Waals surface area contributed by atoms with Crippen molar-refractivity contribution in [2.75, 3.05) is 26.2 Å². The lowest BCUT2D eigenvalue weighted by atomic mass is 10.0. The Labute approximate surface area is 160 Å². The van der Waals surface area contributed by atoms with Crippen LogP contribution in [0, 0.1) is 5.92 Å². The average Bonchev–Trinajstić information content (AvgIpc) is 2.46. The van der Waals surface area contributed by atoms with Gasteiger partial charge in [0.1, 0.15) is 0 Å². The van der Waals surface area contributed by atoms with Crippen molar-refractivity contribution in [3.63, 3.8) is 0 Å². The van der Waals surface area contributed by atoms with Gasteiger partial charge in [-0.25, -0.2) is 0 Å². The van der Waals surface area contributed by atoms with Crippen molar-refractivity contribution in [1.82, 2.24) is 15.5 Å². The average molecular weight is 440 g/mol. The summed E-state index contributed by atoms with van der Waals surface area (Å²) >= 11 is 0. The van der Waals surface area contributed by atoms with Crippen LogP contribution in [-0.2, 0) is 4.79 Å². The van der Waals surface area contributed by atoms with E-state index in [9.17, 15) is 4.79 Å². The number of hydrogen-bond donors (Lipinski definition) is 2. The number of carbonyl (C=O) groups is 1. The fourth-order valence-corrected chi connectivity index (χ4v) is 2.21. The van der Waals surface area contributed by atoms with E-state index in [0.29, 0.717) is 19.0 Å². The summed E-state index contributed by atoms with van der Waals surface area (Å²) in [5.41, 5.74) is 0. The molecule has 1 unspecified atom stereocenters. The van der Waals surface area contributed by atoms with Gasteiger partial charge in [0.05, 0.1) is 6.54 Å². The van der Waals surface area contributed by atoms with E-state index in [1.165, 1.54) is 6.42 Å². The molecule has 0 aromatic rings. The zero-order valence-electron chi connectivity index (χ0n) is 15.8. The Hall–Kier alpha value is -0.530. The smallest absolute Gasteiger partial charge is 0.224 e. The normalized spacial score (nSPS) is 12.6. The van der Waals surface area contributed by atoms with Crippen LogP contribution >= 0.6 is 24.0 Å².